The van der Waals surface area contributed by atoms with Gasteiger partial charge in [0.15, 0.2) is 5.78 Å². The van der Waals surface area contributed by atoms with E-state index >= 15 is 0 Å². The van der Waals surface area contributed by atoms with Crippen LogP contribution in [0.25, 0.3) is 0 Å². The molecule has 0 unspecified atom stereocenters. The minimum absolute atomic E-state index is 0.0436. The van der Waals surface area contributed by atoms with Crippen molar-refractivity contribution < 1.29 is 14.0 Å². The Labute approximate surface area is 209 Å². The van der Waals surface area contributed by atoms with Crippen LogP contribution in [0.5, 0.6) is 0 Å². The van der Waals surface area contributed by atoms with Crippen molar-refractivity contribution >= 4 is 17.4 Å². The van der Waals surface area contributed by atoms with Crippen LogP contribution in [0.2, 0.25) is 0 Å². The van der Waals surface area contributed by atoms with Gasteiger partial charge in [-0.2, -0.15) is 5.26 Å². The van der Waals surface area contributed by atoms with Crippen molar-refractivity contribution in [3.05, 3.63) is 88.1 Å². The summed E-state index contributed by atoms with van der Waals surface area (Å²) in [7, 11) is 3.59. The van der Waals surface area contributed by atoms with Crippen LogP contribution in [0.1, 0.15) is 37.8 Å². The van der Waals surface area contributed by atoms with Gasteiger partial charge in [0.2, 0.25) is 5.91 Å². The first-order chi connectivity index (χ1) is 17.0. The van der Waals surface area contributed by atoms with Gasteiger partial charge in [-0.3, -0.25) is 14.6 Å². The molecule has 5 rings (SSSR count). The van der Waals surface area contributed by atoms with Gasteiger partial charge in [-0.05, 0) is 35.6 Å². The first-order valence-electron chi connectivity index (χ1n) is 11.8. The first-order valence-corrected chi connectivity index (χ1v) is 11.8. The monoisotopic (exact) mass is 485 g/mol. The van der Waals surface area contributed by atoms with Gasteiger partial charge in [-0.1, -0.05) is 44.2 Å². The van der Waals surface area contributed by atoms with Gasteiger partial charge in [0.05, 0.1) is 12.1 Å². The van der Waals surface area contributed by atoms with E-state index in [4.69, 9.17) is 5.73 Å². The molecular formula is C28H28FN5O2. The molecule has 36 heavy (non-hydrogen) atoms. The lowest BCUT2D eigenvalue weighted by molar-refractivity contribution is -0.126. The highest BCUT2D eigenvalue weighted by Crippen LogP contribution is 2.58. The molecule has 0 aromatic heterocycles. The van der Waals surface area contributed by atoms with Crippen molar-refractivity contribution in [3.8, 4) is 6.07 Å². The number of para-hydroxylation sites is 1. The van der Waals surface area contributed by atoms with Crippen LogP contribution < -0.4 is 10.6 Å². The van der Waals surface area contributed by atoms with Crippen molar-refractivity contribution in [2.75, 3.05) is 19.0 Å². The summed E-state index contributed by atoms with van der Waals surface area (Å²) in [5, 5.41) is 13.9. The van der Waals surface area contributed by atoms with Crippen molar-refractivity contribution in [3.63, 3.8) is 0 Å². The van der Waals surface area contributed by atoms with Crippen LogP contribution in [-0.4, -0.2) is 35.8 Å². The second-order valence-corrected chi connectivity index (χ2v) is 10.6. The van der Waals surface area contributed by atoms with Gasteiger partial charge in [0.25, 0.3) is 0 Å². The van der Waals surface area contributed by atoms with E-state index in [0.717, 1.165) is 5.56 Å². The van der Waals surface area contributed by atoms with Gasteiger partial charge >= 0.3 is 0 Å². The van der Waals surface area contributed by atoms with E-state index in [1.54, 1.807) is 53.3 Å². The van der Waals surface area contributed by atoms with E-state index in [0.29, 0.717) is 28.9 Å². The largest absolute Gasteiger partial charge is 0.383 e. The van der Waals surface area contributed by atoms with Gasteiger partial charge in [0.1, 0.15) is 23.1 Å². The molecule has 184 valence electrons. The average Bonchev–Trinajstić information content (AvgIpc) is 3.03. The second kappa shape index (κ2) is 8.04. The Morgan fingerprint density at radius 1 is 1.08 bits per heavy atom. The number of halogens is 1. The summed E-state index contributed by atoms with van der Waals surface area (Å²) in [5.41, 5.74) is 7.57. The number of amides is 1. The molecule has 2 aliphatic heterocycles. The average molecular weight is 486 g/mol. The van der Waals surface area contributed by atoms with Crippen LogP contribution >= 0.6 is 0 Å². The number of carbonyl (C=O) groups excluding carboxylic acids is 2. The van der Waals surface area contributed by atoms with Gasteiger partial charge < -0.3 is 10.6 Å². The Morgan fingerprint density at radius 2 is 1.75 bits per heavy atom. The lowest BCUT2D eigenvalue weighted by atomic mass is 9.61. The summed E-state index contributed by atoms with van der Waals surface area (Å²) in [6.45, 7) is 4.19. The molecule has 3 aliphatic rings. The smallest absolute Gasteiger partial charge is 0.248 e. The minimum atomic E-state index is -1.63. The Balaban J connectivity index is 1.81. The standard InChI is InChI=1S/C28H28FN5O2/c1-27(2)13-22-24(23(35)14-27)28(20(15-30)25(31)34(22)32(3)4)19-7-5-6-8-21(19)33(26(28)36)16-17-9-11-18(29)12-10-17/h5-12H,13-14,16,31H2,1-4H3/t28-/m1/s1. The summed E-state index contributed by atoms with van der Waals surface area (Å²) < 4.78 is 13.5. The number of hydrogen-bond acceptors (Lipinski definition) is 6. The normalized spacial score (nSPS) is 22.9. The zero-order chi connectivity index (χ0) is 26.0. The molecule has 8 heteroatoms. The fraction of sp³-hybridized carbons (Fsp3) is 0.321. The number of nitrogens with two attached hydrogens (primary N) is 1. The summed E-state index contributed by atoms with van der Waals surface area (Å²) in [6, 6.07) is 15.4. The number of rotatable bonds is 3. The topological polar surface area (TPSA) is 93.7 Å². The molecular weight excluding hydrogens is 457 g/mol. The van der Waals surface area contributed by atoms with E-state index in [-0.39, 0.29) is 41.4 Å². The SMILES string of the molecule is CN(C)N1C(N)=C(C#N)[C@@]2(C(=O)N(Cc3ccc(F)cc3)c3ccccc32)C2=C1CC(C)(C)CC2=O. The number of benzene rings is 2. The highest BCUT2D eigenvalue weighted by atomic mass is 19.1. The number of hydrogen-bond donors (Lipinski definition) is 1. The fourth-order valence-corrected chi connectivity index (χ4v) is 5.93. The number of fused-ring (bicyclic) bond motifs is 3. The van der Waals surface area contributed by atoms with Gasteiger partial charge in [0, 0.05) is 43.0 Å². The molecule has 2 N–H and O–H groups in total. The number of hydrazine groups is 1. The molecule has 1 aliphatic carbocycles. The lowest BCUT2D eigenvalue weighted by Gasteiger charge is -2.48. The number of allylic oxidation sites excluding steroid dienone is 1. The van der Waals surface area contributed by atoms with Gasteiger partial charge in [-0.25, -0.2) is 9.40 Å². The van der Waals surface area contributed by atoms with Crippen molar-refractivity contribution in [2.45, 2.75) is 38.6 Å². The molecule has 2 aromatic carbocycles. The molecule has 0 fully saturated rings. The van der Waals surface area contributed by atoms with Crippen LogP contribution in [0.15, 0.2) is 71.2 Å². The highest BCUT2D eigenvalue weighted by molar-refractivity contribution is 6.20. The maximum Gasteiger partial charge on any atom is 0.248 e. The molecule has 0 radical (unpaired) electrons. The molecule has 0 bridgehead atoms. The molecule has 2 aromatic rings. The Bertz CT molecular complexity index is 1400. The summed E-state index contributed by atoms with van der Waals surface area (Å²) in [5.74, 6) is -0.794. The Kier molecular flexibility index (Phi) is 5.31. The first kappa shape index (κ1) is 23.8. The van der Waals surface area contributed by atoms with E-state index < -0.39 is 11.3 Å². The molecule has 1 spiro atoms. The van der Waals surface area contributed by atoms with Crippen molar-refractivity contribution in [1.82, 2.24) is 10.0 Å². The molecule has 1 amide bonds. The zero-order valence-corrected chi connectivity index (χ0v) is 20.8. The molecule has 7 nitrogen and oxygen atoms in total. The van der Waals surface area contributed by atoms with Crippen LogP contribution in [-0.2, 0) is 21.5 Å². The third-order valence-electron chi connectivity index (χ3n) is 7.27. The number of ketones is 1. The maximum absolute atomic E-state index is 14.6. The summed E-state index contributed by atoms with van der Waals surface area (Å²) >= 11 is 0. The zero-order valence-electron chi connectivity index (χ0n) is 20.8. The van der Waals surface area contributed by atoms with Crippen LogP contribution in [0, 0.1) is 22.6 Å². The van der Waals surface area contributed by atoms with Gasteiger partial charge in [-0.15, -0.1) is 0 Å². The van der Waals surface area contributed by atoms with Crippen LogP contribution in [0.4, 0.5) is 10.1 Å². The third-order valence-corrected chi connectivity index (χ3v) is 7.27. The number of anilines is 1. The number of nitriles is 1. The molecule has 2 heterocycles. The summed E-state index contributed by atoms with van der Waals surface area (Å²) in [4.78, 5) is 30.0. The number of carbonyl (C=O) groups is 2. The Hall–Kier alpha value is -3.96. The van der Waals surface area contributed by atoms with Crippen molar-refractivity contribution in [2.24, 2.45) is 11.1 Å². The van der Waals surface area contributed by atoms with Crippen molar-refractivity contribution in [1.29, 1.82) is 5.26 Å². The molecule has 0 saturated heterocycles. The van der Waals surface area contributed by atoms with E-state index in [1.165, 1.54) is 12.1 Å². The predicted octanol–water partition coefficient (Wildman–Crippen LogP) is 3.74. The quantitative estimate of drug-likeness (QED) is 0.712. The van der Waals surface area contributed by atoms with E-state index in [9.17, 15) is 19.2 Å². The number of nitrogens with zero attached hydrogens (tertiary/aromatic N) is 4. The minimum Gasteiger partial charge on any atom is -0.383 e. The number of Topliss-reactive ketones (excluding diaryl/α,β-unsaturated/α-hetero) is 1. The highest BCUT2D eigenvalue weighted by Gasteiger charge is 2.63. The fourth-order valence-electron chi connectivity index (χ4n) is 5.93. The maximum atomic E-state index is 14.6. The lowest BCUT2D eigenvalue weighted by Crippen LogP contribution is -2.55. The molecule has 0 saturated carbocycles. The summed E-state index contributed by atoms with van der Waals surface area (Å²) in [6.07, 6.45) is 0.766. The second-order valence-electron chi connectivity index (χ2n) is 10.6. The predicted molar refractivity (Wildman–Crippen MR) is 133 cm³/mol. The molecule has 1 atom stereocenters. The van der Waals surface area contributed by atoms with Crippen LogP contribution in [0.3, 0.4) is 0 Å². The van der Waals surface area contributed by atoms with E-state index in [1.807, 2.05) is 26.0 Å². The van der Waals surface area contributed by atoms with E-state index in [2.05, 4.69) is 6.07 Å². The Morgan fingerprint density at radius 3 is 2.39 bits per heavy atom. The third kappa shape index (κ3) is 3.20.